The van der Waals surface area contributed by atoms with Crippen molar-refractivity contribution >= 4 is 33.5 Å². The number of phenolic OH excluding ortho intramolecular Hbond substituents is 1. The lowest BCUT2D eigenvalue weighted by atomic mass is 9.97. The van der Waals surface area contributed by atoms with E-state index in [1.807, 2.05) is 6.92 Å². The number of benzene rings is 1. The fraction of sp³-hybridized carbons (Fsp3) is 0.316. The van der Waals surface area contributed by atoms with Crippen LogP contribution in [0.1, 0.15) is 41.6 Å². The third-order valence-corrected chi connectivity index (χ3v) is 6.07. The van der Waals surface area contributed by atoms with Crippen LogP contribution in [0.5, 0.6) is 5.75 Å². The first-order valence-corrected chi connectivity index (χ1v) is 9.89. The normalized spacial score (nSPS) is 13.9. The molecule has 8 nitrogen and oxygen atoms in total. The topological polar surface area (TPSA) is 111 Å². The van der Waals surface area contributed by atoms with E-state index in [0.717, 1.165) is 36.1 Å². The molecule has 2 aromatic heterocycles. The molecule has 9 heteroatoms. The molecule has 0 amide bonds. The highest BCUT2D eigenvalue weighted by molar-refractivity contribution is 7.18. The molecule has 1 aliphatic carbocycles. The minimum Gasteiger partial charge on any atom is -0.507 e. The van der Waals surface area contributed by atoms with Gasteiger partial charge >= 0.3 is 0 Å². The Morgan fingerprint density at radius 2 is 2.18 bits per heavy atom. The minimum atomic E-state index is -0.550. The molecule has 3 aromatic rings. The third-order valence-electron chi connectivity index (χ3n) is 4.88. The van der Waals surface area contributed by atoms with Crippen LogP contribution < -0.4 is 5.56 Å². The average Bonchev–Trinajstić information content (AvgIpc) is 3.06. The molecule has 2 heterocycles. The predicted octanol–water partition coefficient (Wildman–Crippen LogP) is 3.40. The van der Waals surface area contributed by atoms with Crippen LogP contribution in [0.4, 0.5) is 5.69 Å². The Balaban J connectivity index is 1.86. The van der Waals surface area contributed by atoms with Gasteiger partial charge in [0.15, 0.2) is 0 Å². The number of phenols is 1. The highest BCUT2D eigenvalue weighted by atomic mass is 32.1. The first kappa shape index (κ1) is 18.3. The van der Waals surface area contributed by atoms with Gasteiger partial charge in [0.25, 0.3) is 11.2 Å². The van der Waals surface area contributed by atoms with Crippen LogP contribution in [0.3, 0.4) is 0 Å². The fourth-order valence-electron chi connectivity index (χ4n) is 3.47. The molecule has 0 saturated heterocycles. The van der Waals surface area contributed by atoms with Gasteiger partial charge in [-0.25, -0.2) is 4.98 Å². The number of nitro groups is 1. The van der Waals surface area contributed by atoms with Gasteiger partial charge in [-0.1, -0.05) is 6.92 Å². The van der Waals surface area contributed by atoms with Gasteiger partial charge < -0.3 is 5.11 Å². The van der Waals surface area contributed by atoms with Gasteiger partial charge in [0.2, 0.25) is 0 Å². The molecule has 0 aliphatic heterocycles. The Hall–Kier alpha value is -3.07. The summed E-state index contributed by atoms with van der Waals surface area (Å²) in [5.74, 6) is 0.361. The Kier molecular flexibility index (Phi) is 4.68. The molecule has 1 aromatic carbocycles. The van der Waals surface area contributed by atoms with Crippen molar-refractivity contribution in [1.29, 1.82) is 0 Å². The molecule has 0 atom stereocenters. The zero-order valence-electron chi connectivity index (χ0n) is 15.2. The standard InChI is InChI=1S/C19H18N4O4S/c1-2-16-21-18-17(13-5-3-4-6-15(13)28-18)19(25)22(16)20-10-11-9-12(23(26)27)7-8-14(11)24/h7-10,24H,2-6H2,1H3. The van der Waals surface area contributed by atoms with E-state index >= 15 is 0 Å². The first-order chi connectivity index (χ1) is 13.5. The van der Waals surface area contributed by atoms with Crippen molar-refractivity contribution in [2.45, 2.75) is 39.0 Å². The van der Waals surface area contributed by atoms with Crippen molar-refractivity contribution in [2.75, 3.05) is 0 Å². The van der Waals surface area contributed by atoms with Crippen LogP contribution in [0.2, 0.25) is 0 Å². The molecular formula is C19H18N4O4S. The summed E-state index contributed by atoms with van der Waals surface area (Å²) in [5, 5.41) is 25.8. The molecule has 1 aliphatic rings. The van der Waals surface area contributed by atoms with Gasteiger partial charge in [0.1, 0.15) is 16.4 Å². The highest BCUT2D eigenvalue weighted by Gasteiger charge is 2.21. The highest BCUT2D eigenvalue weighted by Crippen LogP contribution is 2.33. The maximum absolute atomic E-state index is 13.2. The lowest BCUT2D eigenvalue weighted by Gasteiger charge is -2.10. The van der Waals surface area contributed by atoms with E-state index in [1.165, 1.54) is 34.0 Å². The molecule has 4 rings (SSSR count). The summed E-state index contributed by atoms with van der Waals surface area (Å²) in [6.07, 6.45) is 5.79. The molecule has 0 unspecified atom stereocenters. The van der Waals surface area contributed by atoms with Crippen LogP contribution in [-0.4, -0.2) is 25.9 Å². The SMILES string of the molecule is CCc1nc2sc3c(c2c(=O)n1N=Cc1cc([N+](=O)[O-])ccc1O)CCCC3. The first-order valence-electron chi connectivity index (χ1n) is 9.07. The Labute approximate surface area is 163 Å². The number of rotatable bonds is 4. The van der Waals surface area contributed by atoms with Gasteiger partial charge in [-0.15, -0.1) is 11.3 Å². The number of nitrogens with zero attached hydrogens (tertiary/aromatic N) is 4. The summed E-state index contributed by atoms with van der Waals surface area (Å²) in [6, 6.07) is 3.66. The van der Waals surface area contributed by atoms with Gasteiger partial charge in [0.05, 0.1) is 16.5 Å². The molecule has 0 bridgehead atoms. The maximum Gasteiger partial charge on any atom is 0.283 e. The second-order valence-corrected chi connectivity index (χ2v) is 7.72. The second kappa shape index (κ2) is 7.16. The lowest BCUT2D eigenvalue weighted by molar-refractivity contribution is -0.384. The Morgan fingerprint density at radius 3 is 2.93 bits per heavy atom. The molecule has 0 saturated carbocycles. The van der Waals surface area contributed by atoms with Crippen LogP contribution in [0, 0.1) is 10.1 Å². The zero-order valence-corrected chi connectivity index (χ0v) is 16.0. The number of non-ortho nitro benzene ring substituents is 1. The maximum atomic E-state index is 13.2. The van der Waals surface area contributed by atoms with Gasteiger partial charge in [-0.3, -0.25) is 14.9 Å². The monoisotopic (exact) mass is 398 g/mol. The number of hydrogen-bond acceptors (Lipinski definition) is 7. The Morgan fingerprint density at radius 1 is 1.39 bits per heavy atom. The molecular weight excluding hydrogens is 380 g/mol. The quantitative estimate of drug-likeness (QED) is 0.411. The van der Waals surface area contributed by atoms with E-state index in [9.17, 15) is 20.0 Å². The van der Waals surface area contributed by atoms with Crippen molar-refractivity contribution in [1.82, 2.24) is 9.66 Å². The largest absolute Gasteiger partial charge is 0.507 e. The summed E-state index contributed by atoms with van der Waals surface area (Å²) >= 11 is 1.58. The van der Waals surface area contributed by atoms with Crippen molar-refractivity contribution in [3.8, 4) is 5.75 Å². The van der Waals surface area contributed by atoms with Crippen molar-refractivity contribution in [3.63, 3.8) is 0 Å². The van der Waals surface area contributed by atoms with Crippen LogP contribution >= 0.6 is 11.3 Å². The molecule has 0 fully saturated rings. The van der Waals surface area contributed by atoms with Crippen molar-refractivity contribution in [2.24, 2.45) is 5.10 Å². The van der Waals surface area contributed by atoms with Crippen molar-refractivity contribution < 1.29 is 10.0 Å². The molecule has 28 heavy (non-hydrogen) atoms. The van der Waals surface area contributed by atoms with E-state index in [2.05, 4.69) is 10.1 Å². The van der Waals surface area contributed by atoms with Crippen molar-refractivity contribution in [3.05, 3.63) is 60.5 Å². The van der Waals surface area contributed by atoms with E-state index in [-0.39, 0.29) is 22.6 Å². The number of nitro benzene ring substituents is 1. The second-order valence-electron chi connectivity index (χ2n) is 6.63. The van der Waals surface area contributed by atoms with Gasteiger partial charge in [0, 0.05) is 29.0 Å². The summed E-state index contributed by atoms with van der Waals surface area (Å²) < 4.78 is 1.24. The number of aromatic hydroxyl groups is 1. The van der Waals surface area contributed by atoms with Gasteiger partial charge in [-0.05, 0) is 37.3 Å². The molecule has 1 N–H and O–H groups in total. The zero-order chi connectivity index (χ0) is 19.8. The summed E-state index contributed by atoms with van der Waals surface area (Å²) in [4.78, 5) is 30.2. The number of aromatic nitrogens is 2. The minimum absolute atomic E-state index is 0.151. The number of hydrogen-bond donors (Lipinski definition) is 1. The van der Waals surface area contributed by atoms with Crippen LogP contribution in [0.15, 0.2) is 28.1 Å². The number of fused-ring (bicyclic) bond motifs is 3. The summed E-state index contributed by atoms with van der Waals surface area (Å²) in [7, 11) is 0. The van der Waals surface area contributed by atoms with Crippen LogP contribution in [-0.2, 0) is 19.3 Å². The number of thiophene rings is 1. The molecule has 144 valence electrons. The summed E-state index contributed by atoms with van der Waals surface area (Å²) in [5.41, 5.74) is 0.842. The third kappa shape index (κ3) is 3.07. The molecule has 0 radical (unpaired) electrons. The smallest absolute Gasteiger partial charge is 0.283 e. The predicted molar refractivity (Wildman–Crippen MR) is 108 cm³/mol. The fourth-order valence-corrected chi connectivity index (χ4v) is 4.74. The average molecular weight is 398 g/mol. The lowest BCUT2D eigenvalue weighted by Crippen LogP contribution is -2.22. The Bertz CT molecular complexity index is 1180. The van der Waals surface area contributed by atoms with Gasteiger partial charge in [-0.2, -0.15) is 9.78 Å². The molecule has 0 spiro atoms. The van der Waals surface area contributed by atoms with E-state index < -0.39 is 4.92 Å². The van der Waals surface area contributed by atoms with E-state index in [0.29, 0.717) is 17.6 Å². The van der Waals surface area contributed by atoms with E-state index in [4.69, 9.17) is 0 Å². The summed E-state index contributed by atoms with van der Waals surface area (Å²) in [6.45, 7) is 1.89. The van der Waals surface area contributed by atoms with Crippen LogP contribution in [0.25, 0.3) is 10.2 Å². The van der Waals surface area contributed by atoms with E-state index in [1.54, 1.807) is 11.3 Å². The number of aryl methyl sites for hydroxylation is 3.